The topological polar surface area (TPSA) is 38.9 Å². The molecule has 0 aliphatic heterocycles. The highest BCUT2D eigenvalue weighted by Gasteiger charge is 2.06. The van der Waals surface area contributed by atoms with E-state index in [1.54, 1.807) is 24.4 Å². The van der Waals surface area contributed by atoms with Crippen molar-refractivity contribution < 1.29 is 0 Å². The summed E-state index contributed by atoms with van der Waals surface area (Å²) in [6, 6.07) is 7.16. The number of nitrogens with two attached hydrogens (primary N) is 1. The van der Waals surface area contributed by atoms with Crippen LogP contribution in [0.5, 0.6) is 0 Å². The third-order valence-electron chi connectivity index (χ3n) is 2.37. The van der Waals surface area contributed by atoms with Gasteiger partial charge in [-0.1, -0.05) is 23.2 Å². The van der Waals surface area contributed by atoms with E-state index >= 15 is 0 Å². The molecule has 1 aromatic heterocycles. The Balaban J connectivity index is 2.58. The minimum Gasteiger partial charge on any atom is -0.397 e. The predicted molar refractivity (Wildman–Crippen MR) is 68.8 cm³/mol. The van der Waals surface area contributed by atoms with Gasteiger partial charge >= 0.3 is 0 Å². The van der Waals surface area contributed by atoms with Crippen LogP contribution in [0.15, 0.2) is 30.5 Å². The Hall–Kier alpha value is -1.25. The molecule has 0 saturated heterocycles. The zero-order valence-electron chi connectivity index (χ0n) is 8.67. The van der Waals surface area contributed by atoms with Crippen LogP contribution >= 0.6 is 23.2 Å². The summed E-state index contributed by atoms with van der Waals surface area (Å²) in [6.07, 6.45) is 1.74. The van der Waals surface area contributed by atoms with E-state index < -0.39 is 0 Å². The summed E-state index contributed by atoms with van der Waals surface area (Å²) >= 11 is 12.0. The smallest absolute Gasteiger partial charge is 0.0602 e. The largest absolute Gasteiger partial charge is 0.397 e. The summed E-state index contributed by atoms with van der Waals surface area (Å²) in [5, 5.41) is 1.27. The van der Waals surface area contributed by atoms with Gasteiger partial charge < -0.3 is 5.73 Å². The predicted octanol–water partition coefficient (Wildman–Crippen LogP) is 3.95. The molecule has 0 atom stereocenters. The third kappa shape index (κ3) is 2.13. The van der Waals surface area contributed by atoms with Gasteiger partial charge in [0.25, 0.3) is 0 Å². The fourth-order valence-corrected chi connectivity index (χ4v) is 1.81. The number of pyridine rings is 1. The molecule has 2 nitrogen and oxygen atoms in total. The molecule has 2 N–H and O–H groups in total. The summed E-state index contributed by atoms with van der Waals surface area (Å²) in [5.41, 5.74) is 8.97. The molecule has 16 heavy (non-hydrogen) atoms. The van der Waals surface area contributed by atoms with Crippen molar-refractivity contribution in [2.24, 2.45) is 0 Å². The first kappa shape index (κ1) is 11.2. The zero-order valence-corrected chi connectivity index (χ0v) is 10.2. The maximum atomic E-state index is 6.10. The molecule has 0 fully saturated rings. The molecule has 0 amide bonds. The van der Waals surface area contributed by atoms with Crippen molar-refractivity contribution in [2.75, 3.05) is 5.73 Å². The average Bonchev–Trinajstić information content (AvgIpc) is 2.26. The Bertz CT molecular complexity index is 539. The van der Waals surface area contributed by atoms with E-state index in [2.05, 4.69) is 4.98 Å². The maximum absolute atomic E-state index is 6.10. The number of aromatic nitrogens is 1. The zero-order chi connectivity index (χ0) is 11.7. The fraction of sp³-hybridized carbons (Fsp3) is 0.0833. The number of nitrogens with zero attached hydrogens (tertiary/aromatic N) is 1. The van der Waals surface area contributed by atoms with Crippen LogP contribution in [-0.2, 0) is 0 Å². The lowest BCUT2D eigenvalue weighted by atomic mass is 10.1. The Morgan fingerprint density at radius 1 is 1.19 bits per heavy atom. The monoisotopic (exact) mass is 252 g/mol. The normalized spacial score (nSPS) is 10.4. The van der Waals surface area contributed by atoms with Crippen molar-refractivity contribution in [1.82, 2.24) is 4.98 Å². The molecule has 2 rings (SSSR count). The highest BCUT2D eigenvalue weighted by Crippen LogP contribution is 2.31. The fourth-order valence-electron chi connectivity index (χ4n) is 1.42. The molecule has 82 valence electrons. The van der Waals surface area contributed by atoms with Gasteiger partial charge in [-0.15, -0.1) is 0 Å². The maximum Gasteiger partial charge on any atom is 0.0602 e. The third-order valence-corrected chi connectivity index (χ3v) is 2.93. The Kier molecular flexibility index (Phi) is 3.03. The number of hydrogen-bond donors (Lipinski definition) is 1. The first-order chi connectivity index (χ1) is 7.58. The van der Waals surface area contributed by atoms with E-state index in [1.165, 1.54) is 0 Å². The van der Waals surface area contributed by atoms with Crippen LogP contribution in [0.25, 0.3) is 11.1 Å². The van der Waals surface area contributed by atoms with E-state index in [0.29, 0.717) is 15.7 Å². The van der Waals surface area contributed by atoms with Gasteiger partial charge in [-0.2, -0.15) is 0 Å². The molecular weight excluding hydrogens is 243 g/mol. The van der Waals surface area contributed by atoms with Crippen molar-refractivity contribution in [3.05, 3.63) is 46.2 Å². The quantitative estimate of drug-likeness (QED) is 0.835. The van der Waals surface area contributed by atoms with Crippen LogP contribution in [0.1, 0.15) is 5.69 Å². The summed E-state index contributed by atoms with van der Waals surface area (Å²) in [7, 11) is 0. The molecule has 0 saturated carbocycles. The van der Waals surface area contributed by atoms with Crippen molar-refractivity contribution in [3.8, 4) is 11.1 Å². The molecule has 0 bridgehead atoms. The second-order valence-electron chi connectivity index (χ2n) is 3.52. The van der Waals surface area contributed by atoms with Gasteiger partial charge in [-0.25, -0.2) is 0 Å². The van der Waals surface area contributed by atoms with Crippen LogP contribution < -0.4 is 5.73 Å². The number of anilines is 1. The second-order valence-corrected chi connectivity index (χ2v) is 4.37. The lowest BCUT2D eigenvalue weighted by Gasteiger charge is -2.07. The molecule has 2 aromatic rings. The van der Waals surface area contributed by atoms with Gasteiger partial charge in [-0.3, -0.25) is 4.98 Å². The molecule has 0 spiro atoms. The van der Waals surface area contributed by atoms with Crippen molar-refractivity contribution in [2.45, 2.75) is 6.92 Å². The van der Waals surface area contributed by atoms with Crippen LogP contribution in [-0.4, -0.2) is 4.98 Å². The Morgan fingerprint density at radius 2 is 1.94 bits per heavy atom. The van der Waals surface area contributed by atoms with Gasteiger partial charge in [0, 0.05) is 27.4 Å². The number of rotatable bonds is 1. The number of hydrogen-bond acceptors (Lipinski definition) is 2. The molecule has 0 aliphatic carbocycles. The summed E-state index contributed by atoms with van der Waals surface area (Å²) in [6.45, 7) is 1.86. The number of aryl methyl sites for hydroxylation is 1. The molecule has 1 heterocycles. The van der Waals surface area contributed by atoms with Gasteiger partial charge in [0.15, 0.2) is 0 Å². The highest BCUT2D eigenvalue weighted by atomic mass is 35.5. The Labute approximate surface area is 104 Å². The van der Waals surface area contributed by atoms with Crippen LogP contribution in [0.4, 0.5) is 5.69 Å². The summed E-state index contributed by atoms with van der Waals surface area (Å²) in [4.78, 5) is 4.20. The van der Waals surface area contributed by atoms with Crippen LogP contribution in [0.2, 0.25) is 10.0 Å². The number of benzene rings is 1. The number of nitrogen functional groups attached to an aromatic ring is 1. The first-order valence-electron chi connectivity index (χ1n) is 4.75. The minimum atomic E-state index is 0.634. The lowest BCUT2D eigenvalue weighted by Crippen LogP contribution is -1.93. The minimum absolute atomic E-state index is 0.634. The van der Waals surface area contributed by atoms with E-state index in [1.807, 2.05) is 13.0 Å². The van der Waals surface area contributed by atoms with Crippen molar-refractivity contribution in [3.63, 3.8) is 0 Å². The molecule has 0 aliphatic rings. The van der Waals surface area contributed by atoms with E-state index in [4.69, 9.17) is 28.9 Å². The lowest BCUT2D eigenvalue weighted by molar-refractivity contribution is 1.21. The molecule has 0 unspecified atom stereocenters. The summed E-state index contributed by atoms with van der Waals surface area (Å²) in [5.74, 6) is 0. The van der Waals surface area contributed by atoms with Gasteiger partial charge in [0.1, 0.15) is 0 Å². The SMILES string of the molecule is Cc1ncc(-c2cc(Cl)ccc2Cl)cc1N. The van der Waals surface area contributed by atoms with Crippen molar-refractivity contribution in [1.29, 1.82) is 0 Å². The molecule has 0 radical (unpaired) electrons. The van der Waals surface area contributed by atoms with E-state index in [9.17, 15) is 0 Å². The van der Waals surface area contributed by atoms with Crippen molar-refractivity contribution >= 4 is 28.9 Å². The van der Waals surface area contributed by atoms with Gasteiger partial charge in [0.2, 0.25) is 0 Å². The molecule has 1 aromatic carbocycles. The van der Waals surface area contributed by atoms with E-state index in [0.717, 1.165) is 16.8 Å². The first-order valence-corrected chi connectivity index (χ1v) is 5.51. The standard InChI is InChI=1S/C12H10Cl2N2/c1-7-12(15)4-8(6-16-7)10-5-9(13)2-3-11(10)14/h2-6H,15H2,1H3. The van der Waals surface area contributed by atoms with E-state index in [-0.39, 0.29) is 0 Å². The van der Waals surface area contributed by atoms with Crippen LogP contribution in [0.3, 0.4) is 0 Å². The highest BCUT2D eigenvalue weighted by molar-refractivity contribution is 6.35. The average molecular weight is 253 g/mol. The van der Waals surface area contributed by atoms with Gasteiger partial charge in [-0.05, 0) is 31.2 Å². The Morgan fingerprint density at radius 3 is 2.62 bits per heavy atom. The number of halogens is 2. The van der Waals surface area contributed by atoms with Gasteiger partial charge in [0.05, 0.1) is 11.4 Å². The molecule has 4 heteroatoms. The van der Waals surface area contributed by atoms with Crippen LogP contribution in [0, 0.1) is 6.92 Å². The second kappa shape index (κ2) is 4.32. The summed E-state index contributed by atoms with van der Waals surface area (Å²) < 4.78 is 0. The molecular formula is C12H10Cl2N2.